The van der Waals surface area contributed by atoms with Crippen molar-refractivity contribution in [3.63, 3.8) is 0 Å². The highest BCUT2D eigenvalue weighted by Crippen LogP contribution is 2.21. The number of hydrogen-bond acceptors (Lipinski definition) is 4. The van der Waals surface area contributed by atoms with Gasteiger partial charge >= 0.3 is 0 Å². The Morgan fingerprint density at radius 2 is 2.30 bits per heavy atom. The van der Waals surface area contributed by atoms with Gasteiger partial charge in [-0.1, -0.05) is 17.7 Å². The van der Waals surface area contributed by atoms with Gasteiger partial charge in [0.2, 0.25) is 0 Å². The number of benzene rings is 1. The third kappa shape index (κ3) is 3.71. The number of nitrogens with zero attached hydrogens (tertiary/aromatic N) is 2. The van der Waals surface area contributed by atoms with Crippen molar-refractivity contribution in [2.45, 2.75) is 13.5 Å². The maximum atomic E-state index is 12.1. The number of aromatic nitrogens is 1. The summed E-state index contributed by atoms with van der Waals surface area (Å²) in [4.78, 5) is 18.6. The fraction of sp³-hybridized carbons (Fsp3) is 0.286. The highest BCUT2D eigenvalue weighted by molar-refractivity contribution is 7.15. The number of thiazole rings is 1. The third-order valence-corrected chi connectivity index (χ3v) is 3.90. The second-order valence-electron chi connectivity index (χ2n) is 4.22. The van der Waals surface area contributed by atoms with Crippen LogP contribution in [0.15, 0.2) is 30.5 Å². The van der Waals surface area contributed by atoms with Crippen LogP contribution in [0.4, 0.5) is 0 Å². The standard InChI is InChI=1S/C14H15ClN2O2S/c1-3-17(2)13(18)10-5-4-6-11(7-10)19-9-12-8-16-14(15)20-12/h4-8H,3,9H2,1-2H3. The van der Waals surface area contributed by atoms with Gasteiger partial charge in [-0.25, -0.2) is 4.98 Å². The monoisotopic (exact) mass is 310 g/mol. The van der Waals surface area contributed by atoms with Crippen LogP contribution >= 0.6 is 22.9 Å². The topological polar surface area (TPSA) is 42.4 Å². The third-order valence-electron chi connectivity index (χ3n) is 2.81. The Labute approximate surface area is 127 Å². The first-order valence-electron chi connectivity index (χ1n) is 6.18. The molecule has 0 spiro atoms. The van der Waals surface area contributed by atoms with E-state index >= 15 is 0 Å². The summed E-state index contributed by atoms with van der Waals surface area (Å²) in [7, 11) is 1.77. The van der Waals surface area contributed by atoms with Gasteiger partial charge < -0.3 is 9.64 Å². The maximum absolute atomic E-state index is 12.1. The number of amides is 1. The lowest BCUT2D eigenvalue weighted by atomic mass is 10.2. The van der Waals surface area contributed by atoms with Crippen molar-refractivity contribution in [3.05, 3.63) is 45.4 Å². The minimum atomic E-state index is -0.0150. The Hall–Kier alpha value is -1.59. The van der Waals surface area contributed by atoms with E-state index in [4.69, 9.17) is 16.3 Å². The van der Waals surface area contributed by atoms with Crippen LogP contribution in [0, 0.1) is 0 Å². The van der Waals surface area contributed by atoms with E-state index in [2.05, 4.69) is 4.98 Å². The molecule has 0 unspecified atom stereocenters. The Morgan fingerprint density at radius 1 is 1.50 bits per heavy atom. The van der Waals surface area contributed by atoms with Gasteiger partial charge in [0.1, 0.15) is 12.4 Å². The van der Waals surface area contributed by atoms with E-state index in [9.17, 15) is 4.79 Å². The van der Waals surface area contributed by atoms with Crippen LogP contribution in [0.25, 0.3) is 0 Å². The molecule has 1 aromatic carbocycles. The zero-order valence-corrected chi connectivity index (χ0v) is 12.9. The van der Waals surface area contributed by atoms with Crippen LogP contribution in [0.1, 0.15) is 22.2 Å². The fourth-order valence-electron chi connectivity index (χ4n) is 1.59. The molecule has 2 rings (SSSR count). The summed E-state index contributed by atoms with van der Waals surface area (Å²) >= 11 is 7.14. The summed E-state index contributed by atoms with van der Waals surface area (Å²) in [5.41, 5.74) is 0.620. The van der Waals surface area contributed by atoms with Crippen LogP contribution in [0.5, 0.6) is 5.75 Å². The van der Waals surface area contributed by atoms with Gasteiger partial charge in [-0.2, -0.15) is 0 Å². The van der Waals surface area contributed by atoms with Gasteiger partial charge in [-0.05, 0) is 25.1 Å². The SMILES string of the molecule is CCN(C)C(=O)c1cccc(OCc2cnc(Cl)s2)c1. The van der Waals surface area contributed by atoms with E-state index in [1.165, 1.54) is 11.3 Å². The van der Waals surface area contributed by atoms with Crippen LogP contribution in [0.2, 0.25) is 4.47 Å². The van der Waals surface area contributed by atoms with E-state index in [1.807, 2.05) is 19.1 Å². The molecule has 0 saturated carbocycles. The molecule has 0 fully saturated rings. The van der Waals surface area contributed by atoms with Gasteiger partial charge in [0.25, 0.3) is 5.91 Å². The maximum Gasteiger partial charge on any atom is 0.253 e. The zero-order valence-electron chi connectivity index (χ0n) is 11.3. The van der Waals surface area contributed by atoms with Crippen molar-refractivity contribution >= 4 is 28.8 Å². The van der Waals surface area contributed by atoms with Crippen molar-refractivity contribution in [2.24, 2.45) is 0 Å². The predicted molar refractivity (Wildman–Crippen MR) is 80.5 cm³/mol. The quantitative estimate of drug-likeness (QED) is 0.849. The van der Waals surface area contributed by atoms with Gasteiger partial charge in [0.15, 0.2) is 4.47 Å². The van der Waals surface area contributed by atoms with Gasteiger partial charge in [0, 0.05) is 25.4 Å². The molecule has 6 heteroatoms. The molecule has 1 heterocycles. The number of hydrogen-bond donors (Lipinski definition) is 0. The molecule has 1 aromatic heterocycles. The number of rotatable bonds is 5. The zero-order chi connectivity index (χ0) is 14.5. The number of halogens is 1. The van der Waals surface area contributed by atoms with E-state index in [-0.39, 0.29) is 5.91 Å². The van der Waals surface area contributed by atoms with E-state index in [0.29, 0.717) is 28.9 Å². The Balaban J connectivity index is 2.04. The molecule has 20 heavy (non-hydrogen) atoms. The normalized spacial score (nSPS) is 10.3. The smallest absolute Gasteiger partial charge is 0.253 e. The van der Waals surface area contributed by atoms with Crippen LogP contribution in [-0.2, 0) is 6.61 Å². The molecule has 2 aromatic rings. The second kappa shape index (κ2) is 6.72. The molecule has 0 aliphatic heterocycles. The molecule has 0 bridgehead atoms. The first kappa shape index (κ1) is 14.8. The van der Waals surface area contributed by atoms with Crippen molar-refractivity contribution in [1.82, 2.24) is 9.88 Å². The van der Waals surface area contributed by atoms with E-state index in [1.54, 1.807) is 30.3 Å². The Morgan fingerprint density at radius 3 is 2.95 bits per heavy atom. The molecule has 0 aliphatic carbocycles. The molecular weight excluding hydrogens is 296 g/mol. The molecule has 0 saturated heterocycles. The minimum absolute atomic E-state index is 0.0150. The van der Waals surface area contributed by atoms with Crippen molar-refractivity contribution in [3.8, 4) is 5.75 Å². The predicted octanol–water partition coefficient (Wildman–Crippen LogP) is 3.47. The summed E-state index contributed by atoms with van der Waals surface area (Å²) in [5, 5.41) is 0. The molecular formula is C14H15ClN2O2S. The van der Waals surface area contributed by atoms with Crippen LogP contribution in [-0.4, -0.2) is 29.4 Å². The lowest BCUT2D eigenvalue weighted by Crippen LogP contribution is -2.26. The summed E-state index contributed by atoms with van der Waals surface area (Å²) in [6.07, 6.45) is 1.69. The summed E-state index contributed by atoms with van der Waals surface area (Å²) in [6, 6.07) is 7.17. The lowest BCUT2D eigenvalue weighted by molar-refractivity contribution is 0.0802. The van der Waals surface area contributed by atoms with Gasteiger partial charge in [-0.3, -0.25) is 4.79 Å². The van der Waals surface area contributed by atoms with Crippen LogP contribution < -0.4 is 4.74 Å². The van der Waals surface area contributed by atoms with E-state index in [0.717, 1.165) is 4.88 Å². The first-order chi connectivity index (χ1) is 9.60. The summed E-state index contributed by atoms with van der Waals surface area (Å²) in [5.74, 6) is 0.642. The average Bonchev–Trinajstić information content (AvgIpc) is 2.89. The first-order valence-corrected chi connectivity index (χ1v) is 7.38. The fourth-order valence-corrected chi connectivity index (χ4v) is 2.48. The lowest BCUT2D eigenvalue weighted by Gasteiger charge is -2.15. The number of carbonyl (C=O) groups is 1. The molecule has 4 nitrogen and oxygen atoms in total. The van der Waals surface area contributed by atoms with Crippen LogP contribution in [0.3, 0.4) is 0 Å². The molecule has 0 atom stereocenters. The molecule has 106 valence electrons. The highest BCUT2D eigenvalue weighted by Gasteiger charge is 2.10. The summed E-state index contributed by atoms with van der Waals surface area (Å²) < 4.78 is 6.15. The second-order valence-corrected chi connectivity index (χ2v) is 5.91. The van der Waals surface area contributed by atoms with Gasteiger partial charge in [0.05, 0.1) is 4.88 Å². The van der Waals surface area contributed by atoms with Crippen molar-refractivity contribution in [2.75, 3.05) is 13.6 Å². The Bertz CT molecular complexity index is 600. The van der Waals surface area contributed by atoms with E-state index < -0.39 is 0 Å². The van der Waals surface area contributed by atoms with Gasteiger partial charge in [-0.15, -0.1) is 11.3 Å². The largest absolute Gasteiger partial charge is 0.488 e. The molecule has 0 aliphatic rings. The Kier molecular flexibility index (Phi) is 4.98. The average molecular weight is 311 g/mol. The molecule has 1 amide bonds. The highest BCUT2D eigenvalue weighted by atomic mass is 35.5. The van der Waals surface area contributed by atoms with Crippen molar-refractivity contribution in [1.29, 1.82) is 0 Å². The molecule has 0 N–H and O–H groups in total. The minimum Gasteiger partial charge on any atom is -0.488 e. The number of carbonyl (C=O) groups excluding carboxylic acids is 1. The van der Waals surface area contributed by atoms with Crippen molar-refractivity contribution < 1.29 is 9.53 Å². The summed E-state index contributed by atoms with van der Waals surface area (Å²) in [6.45, 7) is 3.00. The molecule has 0 radical (unpaired) electrons. The number of ether oxygens (including phenoxy) is 1.